The van der Waals surface area contributed by atoms with Crippen molar-refractivity contribution in [1.29, 1.82) is 0 Å². The van der Waals surface area contributed by atoms with Crippen LogP contribution in [0.3, 0.4) is 0 Å². The second-order valence-electron chi connectivity index (χ2n) is 6.54. The Morgan fingerprint density at radius 3 is 2.58 bits per heavy atom. The molecule has 19 heavy (non-hydrogen) atoms. The number of rotatable bonds is 0. The van der Waals surface area contributed by atoms with Crippen LogP contribution in [0.1, 0.15) is 51.2 Å². The quantitative estimate of drug-likeness (QED) is 0.771. The molecule has 0 bridgehead atoms. The first-order valence-corrected chi connectivity index (χ1v) is 7.14. The Morgan fingerprint density at radius 2 is 1.89 bits per heavy atom. The summed E-state index contributed by atoms with van der Waals surface area (Å²) in [5.74, 6) is 1.40. The molecule has 1 aromatic rings. The average Bonchev–Trinajstić information content (AvgIpc) is 2.25. The Labute approximate surface area is 113 Å². The van der Waals surface area contributed by atoms with Gasteiger partial charge in [0.25, 0.3) is 0 Å². The third-order valence-corrected chi connectivity index (χ3v) is 4.47. The third-order valence-electron chi connectivity index (χ3n) is 4.47. The van der Waals surface area contributed by atoms with Crippen molar-refractivity contribution in [3.05, 3.63) is 29.6 Å². The molecule has 3 heteroatoms. The molecule has 0 saturated heterocycles. The van der Waals surface area contributed by atoms with Crippen LogP contribution >= 0.6 is 0 Å². The van der Waals surface area contributed by atoms with Crippen LogP contribution < -0.4 is 4.74 Å². The van der Waals surface area contributed by atoms with Crippen LogP contribution in [0.15, 0.2) is 18.2 Å². The molecule has 2 nitrogen and oxygen atoms in total. The Kier molecular flexibility index (Phi) is 3.05. The van der Waals surface area contributed by atoms with Gasteiger partial charge in [-0.3, -0.25) is 0 Å². The summed E-state index contributed by atoms with van der Waals surface area (Å²) in [6.45, 7) is 4.46. The van der Waals surface area contributed by atoms with Gasteiger partial charge in [0.2, 0.25) is 0 Å². The lowest BCUT2D eigenvalue weighted by Crippen LogP contribution is -2.46. The summed E-state index contributed by atoms with van der Waals surface area (Å²) in [4.78, 5) is 0. The van der Waals surface area contributed by atoms with E-state index < -0.39 is 6.10 Å². The molecule has 1 N–H and O–H groups in total. The summed E-state index contributed by atoms with van der Waals surface area (Å²) in [5.41, 5.74) is 0.412. The van der Waals surface area contributed by atoms with Crippen LogP contribution in [-0.4, -0.2) is 10.7 Å². The van der Waals surface area contributed by atoms with Gasteiger partial charge in [0, 0.05) is 18.1 Å². The zero-order chi connectivity index (χ0) is 13.6. The summed E-state index contributed by atoms with van der Waals surface area (Å²) in [6.07, 6.45) is 3.19. The SMILES string of the molecule is CC1CC(C)CC2(C1)CC(O)c1ccc(F)cc1O2. The maximum absolute atomic E-state index is 13.4. The number of hydrogen-bond donors (Lipinski definition) is 1. The number of fused-ring (bicyclic) bond motifs is 1. The van der Waals surface area contributed by atoms with Crippen molar-refractivity contribution in [2.24, 2.45) is 11.8 Å². The molecule has 3 rings (SSSR count). The van der Waals surface area contributed by atoms with E-state index in [1.807, 2.05) is 0 Å². The molecule has 0 aromatic heterocycles. The minimum atomic E-state index is -0.540. The Balaban J connectivity index is 1.95. The van der Waals surface area contributed by atoms with Gasteiger partial charge < -0.3 is 9.84 Å². The maximum atomic E-state index is 13.4. The van der Waals surface area contributed by atoms with Gasteiger partial charge in [-0.1, -0.05) is 13.8 Å². The first-order valence-electron chi connectivity index (χ1n) is 7.14. The second-order valence-corrected chi connectivity index (χ2v) is 6.54. The number of halogens is 1. The van der Waals surface area contributed by atoms with E-state index >= 15 is 0 Å². The molecule has 1 spiro atoms. The normalized spacial score (nSPS) is 37.8. The number of benzene rings is 1. The molecule has 1 saturated carbocycles. The largest absolute Gasteiger partial charge is 0.487 e. The molecule has 1 fully saturated rings. The molecule has 0 amide bonds. The Morgan fingerprint density at radius 1 is 1.21 bits per heavy atom. The highest BCUT2D eigenvalue weighted by atomic mass is 19.1. The third kappa shape index (κ3) is 2.36. The lowest BCUT2D eigenvalue weighted by molar-refractivity contribution is -0.0625. The Bertz CT molecular complexity index is 476. The van der Waals surface area contributed by atoms with Crippen LogP contribution in [0.5, 0.6) is 5.75 Å². The van der Waals surface area contributed by atoms with E-state index in [9.17, 15) is 9.50 Å². The number of hydrogen-bond acceptors (Lipinski definition) is 2. The molecule has 1 aromatic carbocycles. The van der Waals surface area contributed by atoms with Gasteiger partial charge in [0.05, 0.1) is 6.10 Å². The van der Waals surface area contributed by atoms with Gasteiger partial charge in [-0.25, -0.2) is 4.39 Å². The second kappa shape index (κ2) is 4.48. The molecule has 1 heterocycles. The molecule has 3 atom stereocenters. The van der Waals surface area contributed by atoms with Crippen molar-refractivity contribution < 1.29 is 14.2 Å². The number of aliphatic hydroxyl groups is 1. The van der Waals surface area contributed by atoms with Gasteiger partial charge in [-0.05, 0) is 43.2 Å². The predicted octanol–water partition coefficient (Wildman–Crippen LogP) is 3.84. The fourth-order valence-electron chi connectivity index (χ4n) is 4.07. The van der Waals surface area contributed by atoms with Crippen LogP contribution in [0, 0.1) is 17.7 Å². The van der Waals surface area contributed by atoms with Crippen molar-refractivity contribution in [1.82, 2.24) is 0 Å². The van der Waals surface area contributed by atoms with E-state index in [0.29, 0.717) is 24.0 Å². The highest BCUT2D eigenvalue weighted by Crippen LogP contribution is 2.48. The molecule has 3 unspecified atom stereocenters. The molecule has 0 radical (unpaired) electrons. The molecule has 104 valence electrons. The van der Waals surface area contributed by atoms with Crippen molar-refractivity contribution >= 4 is 0 Å². The molecular weight excluding hydrogens is 243 g/mol. The lowest BCUT2D eigenvalue weighted by atomic mass is 9.70. The molecule has 1 aliphatic carbocycles. The van der Waals surface area contributed by atoms with E-state index in [-0.39, 0.29) is 11.4 Å². The molecule has 1 aliphatic heterocycles. The van der Waals surface area contributed by atoms with Crippen LogP contribution in [-0.2, 0) is 0 Å². The average molecular weight is 264 g/mol. The lowest BCUT2D eigenvalue weighted by Gasteiger charge is -2.47. The Hall–Kier alpha value is -1.09. The first-order chi connectivity index (χ1) is 8.97. The van der Waals surface area contributed by atoms with E-state index in [2.05, 4.69) is 13.8 Å². The van der Waals surface area contributed by atoms with Crippen LogP contribution in [0.4, 0.5) is 4.39 Å². The van der Waals surface area contributed by atoms with Crippen molar-refractivity contribution in [2.75, 3.05) is 0 Å². The minimum absolute atomic E-state index is 0.306. The summed E-state index contributed by atoms with van der Waals surface area (Å²) in [6, 6.07) is 4.43. The van der Waals surface area contributed by atoms with E-state index in [1.165, 1.54) is 18.6 Å². The fourth-order valence-corrected chi connectivity index (χ4v) is 4.07. The smallest absolute Gasteiger partial charge is 0.128 e. The van der Waals surface area contributed by atoms with Crippen LogP contribution in [0.25, 0.3) is 0 Å². The van der Waals surface area contributed by atoms with Gasteiger partial charge in [0.15, 0.2) is 0 Å². The van der Waals surface area contributed by atoms with Crippen molar-refractivity contribution in [3.8, 4) is 5.75 Å². The molecular formula is C16H21FO2. The van der Waals surface area contributed by atoms with E-state index in [1.54, 1.807) is 6.07 Å². The van der Waals surface area contributed by atoms with Gasteiger partial charge in [-0.2, -0.15) is 0 Å². The van der Waals surface area contributed by atoms with Gasteiger partial charge in [-0.15, -0.1) is 0 Å². The zero-order valence-electron chi connectivity index (χ0n) is 11.5. The van der Waals surface area contributed by atoms with E-state index in [4.69, 9.17) is 4.74 Å². The topological polar surface area (TPSA) is 29.5 Å². The standard InChI is InChI=1S/C16H21FO2/c1-10-5-11(2)8-16(7-10)9-14(18)13-4-3-12(17)6-15(13)19-16/h3-4,6,10-11,14,18H,5,7-9H2,1-2H3. The predicted molar refractivity (Wildman–Crippen MR) is 71.5 cm³/mol. The first kappa shape index (κ1) is 12.9. The van der Waals surface area contributed by atoms with E-state index in [0.717, 1.165) is 18.4 Å². The van der Waals surface area contributed by atoms with Crippen molar-refractivity contribution in [3.63, 3.8) is 0 Å². The van der Waals surface area contributed by atoms with Crippen molar-refractivity contribution in [2.45, 2.75) is 51.2 Å². The summed E-state index contributed by atoms with van der Waals surface area (Å²) < 4.78 is 19.5. The zero-order valence-corrected chi connectivity index (χ0v) is 11.5. The number of ether oxygens (including phenoxy) is 1. The van der Waals surface area contributed by atoms with Gasteiger partial charge >= 0.3 is 0 Å². The highest BCUT2D eigenvalue weighted by molar-refractivity contribution is 5.38. The maximum Gasteiger partial charge on any atom is 0.128 e. The highest BCUT2D eigenvalue weighted by Gasteiger charge is 2.45. The summed E-state index contributed by atoms with van der Waals surface area (Å²) in [5, 5.41) is 10.3. The monoisotopic (exact) mass is 264 g/mol. The van der Waals surface area contributed by atoms with Gasteiger partial charge in [0.1, 0.15) is 17.2 Å². The number of aliphatic hydroxyl groups excluding tert-OH is 1. The summed E-state index contributed by atoms with van der Waals surface area (Å²) in [7, 11) is 0. The summed E-state index contributed by atoms with van der Waals surface area (Å²) >= 11 is 0. The van der Waals surface area contributed by atoms with Crippen LogP contribution in [0.2, 0.25) is 0 Å². The molecule has 2 aliphatic rings. The minimum Gasteiger partial charge on any atom is -0.487 e. The fraction of sp³-hybridized carbons (Fsp3) is 0.625.